The Morgan fingerprint density at radius 1 is 0.852 bits per heavy atom. The number of halogens is 1. The molecule has 3 aromatic carbocycles. The summed E-state index contributed by atoms with van der Waals surface area (Å²) in [5, 5.41) is 0.548. The van der Waals surface area contributed by atoms with Crippen LogP contribution in [0.4, 0.5) is 5.69 Å². The first-order chi connectivity index (χ1) is 12.8. The van der Waals surface area contributed by atoms with Crippen LogP contribution >= 0.6 is 11.6 Å². The molecule has 0 heterocycles. The Kier molecular flexibility index (Phi) is 5.59. The fourth-order valence-corrected chi connectivity index (χ4v) is 4.60. The van der Waals surface area contributed by atoms with Crippen LogP contribution in [-0.2, 0) is 16.6 Å². The van der Waals surface area contributed by atoms with Crippen molar-refractivity contribution >= 4 is 27.3 Å². The molecule has 0 unspecified atom stereocenters. The van der Waals surface area contributed by atoms with E-state index in [9.17, 15) is 8.42 Å². The van der Waals surface area contributed by atoms with Gasteiger partial charge in [-0.05, 0) is 61.7 Å². The molecule has 3 nitrogen and oxygen atoms in total. The van der Waals surface area contributed by atoms with Crippen LogP contribution in [0.3, 0.4) is 0 Å². The van der Waals surface area contributed by atoms with Gasteiger partial charge in [0.25, 0.3) is 10.0 Å². The van der Waals surface area contributed by atoms with Crippen molar-refractivity contribution in [1.82, 2.24) is 0 Å². The molecule has 0 fully saturated rings. The highest BCUT2D eigenvalue weighted by Crippen LogP contribution is 2.31. The number of benzene rings is 3. The lowest BCUT2D eigenvalue weighted by atomic mass is 10.1. The summed E-state index contributed by atoms with van der Waals surface area (Å²) in [7, 11) is -3.75. The lowest BCUT2D eigenvalue weighted by Crippen LogP contribution is -2.31. The number of sulfonamides is 1. The van der Waals surface area contributed by atoms with E-state index in [0.717, 1.165) is 22.3 Å². The van der Waals surface area contributed by atoms with Crippen molar-refractivity contribution < 1.29 is 8.42 Å². The zero-order chi connectivity index (χ0) is 19.6. The van der Waals surface area contributed by atoms with Crippen LogP contribution in [0.1, 0.15) is 22.3 Å². The average molecular weight is 400 g/mol. The SMILES string of the molecule is Cc1ccc(S(=O)(=O)N(Cc2ccccc2Cl)c2cc(C)ccc2C)cc1. The van der Waals surface area contributed by atoms with Crippen LogP contribution < -0.4 is 4.31 Å². The van der Waals surface area contributed by atoms with E-state index in [4.69, 9.17) is 11.6 Å². The molecule has 0 radical (unpaired) electrons. The maximum absolute atomic E-state index is 13.5. The monoisotopic (exact) mass is 399 g/mol. The van der Waals surface area contributed by atoms with Crippen molar-refractivity contribution in [1.29, 1.82) is 0 Å². The van der Waals surface area contributed by atoms with Gasteiger partial charge in [-0.15, -0.1) is 0 Å². The molecule has 0 saturated carbocycles. The second-order valence-electron chi connectivity index (χ2n) is 6.71. The van der Waals surface area contributed by atoms with Crippen LogP contribution in [0.5, 0.6) is 0 Å². The highest BCUT2D eigenvalue weighted by atomic mass is 35.5. The first-order valence-corrected chi connectivity index (χ1v) is 10.5. The predicted octanol–water partition coefficient (Wildman–Crippen LogP) is 5.66. The van der Waals surface area contributed by atoms with Crippen LogP contribution in [0.15, 0.2) is 71.6 Å². The number of anilines is 1. The molecule has 0 N–H and O–H groups in total. The van der Waals surface area contributed by atoms with E-state index < -0.39 is 10.0 Å². The molecule has 0 aromatic heterocycles. The predicted molar refractivity (Wildman–Crippen MR) is 112 cm³/mol. The van der Waals surface area contributed by atoms with Crippen molar-refractivity contribution in [2.75, 3.05) is 4.31 Å². The largest absolute Gasteiger partial charge is 0.264 e. The van der Waals surface area contributed by atoms with Gasteiger partial charge in [-0.25, -0.2) is 8.42 Å². The van der Waals surface area contributed by atoms with E-state index in [1.807, 2.05) is 69.3 Å². The van der Waals surface area contributed by atoms with Crippen molar-refractivity contribution in [3.63, 3.8) is 0 Å². The minimum atomic E-state index is -3.75. The van der Waals surface area contributed by atoms with E-state index in [0.29, 0.717) is 10.7 Å². The van der Waals surface area contributed by atoms with Gasteiger partial charge in [-0.1, -0.05) is 59.6 Å². The molecule has 5 heteroatoms. The van der Waals surface area contributed by atoms with E-state index in [2.05, 4.69) is 0 Å². The van der Waals surface area contributed by atoms with Gasteiger partial charge in [-0.3, -0.25) is 4.31 Å². The van der Waals surface area contributed by atoms with Gasteiger partial charge in [0.05, 0.1) is 17.1 Å². The molecule has 0 saturated heterocycles. The van der Waals surface area contributed by atoms with Crippen molar-refractivity contribution in [2.45, 2.75) is 32.2 Å². The second-order valence-corrected chi connectivity index (χ2v) is 8.98. The van der Waals surface area contributed by atoms with Crippen LogP contribution in [0, 0.1) is 20.8 Å². The van der Waals surface area contributed by atoms with E-state index in [1.165, 1.54) is 4.31 Å². The second kappa shape index (κ2) is 7.75. The lowest BCUT2D eigenvalue weighted by molar-refractivity contribution is 0.590. The van der Waals surface area contributed by atoms with Gasteiger partial charge < -0.3 is 0 Å². The van der Waals surface area contributed by atoms with E-state index in [-0.39, 0.29) is 11.4 Å². The molecule has 140 valence electrons. The van der Waals surface area contributed by atoms with Crippen LogP contribution in [0.2, 0.25) is 5.02 Å². The summed E-state index contributed by atoms with van der Waals surface area (Å²) in [6, 6.07) is 20.1. The third kappa shape index (κ3) is 4.18. The van der Waals surface area contributed by atoms with Crippen molar-refractivity contribution in [2.24, 2.45) is 0 Å². The summed E-state index contributed by atoms with van der Waals surface area (Å²) in [5.41, 5.74) is 4.33. The molecule has 0 amide bonds. The molecular weight excluding hydrogens is 378 g/mol. The minimum absolute atomic E-state index is 0.167. The Labute approximate surface area is 166 Å². The summed E-state index contributed by atoms with van der Waals surface area (Å²) < 4.78 is 28.5. The molecule has 3 rings (SSSR count). The highest BCUT2D eigenvalue weighted by molar-refractivity contribution is 7.92. The topological polar surface area (TPSA) is 37.4 Å². The first-order valence-electron chi connectivity index (χ1n) is 8.69. The number of rotatable bonds is 5. The van der Waals surface area contributed by atoms with E-state index >= 15 is 0 Å². The normalized spacial score (nSPS) is 11.4. The summed E-state index contributed by atoms with van der Waals surface area (Å²) in [4.78, 5) is 0.265. The van der Waals surface area contributed by atoms with Crippen molar-refractivity contribution in [3.8, 4) is 0 Å². The van der Waals surface area contributed by atoms with Crippen LogP contribution in [-0.4, -0.2) is 8.42 Å². The van der Waals surface area contributed by atoms with E-state index in [1.54, 1.807) is 18.2 Å². The number of aryl methyl sites for hydroxylation is 3. The van der Waals surface area contributed by atoms with Crippen LogP contribution in [0.25, 0.3) is 0 Å². The lowest BCUT2D eigenvalue weighted by Gasteiger charge is -2.27. The van der Waals surface area contributed by atoms with Gasteiger partial charge in [-0.2, -0.15) is 0 Å². The van der Waals surface area contributed by atoms with Gasteiger partial charge in [0.2, 0.25) is 0 Å². The van der Waals surface area contributed by atoms with Crippen molar-refractivity contribution in [3.05, 3.63) is 94.0 Å². The zero-order valence-electron chi connectivity index (χ0n) is 15.6. The summed E-state index contributed by atoms with van der Waals surface area (Å²) >= 11 is 6.32. The summed E-state index contributed by atoms with van der Waals surface area (Å²) in [6.07, 6.45) is 0. The maximum atomic E-state index is 13.5. The third-order valence-corrected chi connectivity index (χ3v) is 6.66. The number of hydrogen-bond acceptors (Lipinski definition) is 2. The Bertz CT molecular complexity index is 1060. The van der Waals surface area contributed by atoms with Gasteiger partial charge >= 0.3 is 0 Å². The van der Waals surface area contributed by atoms with Gasteiger partial charge in [0, 0.05) is 5.02 Å². The Morgan fingerprint density at radius 3 is 2.15 bits per heavy atom. The fraction of sp³-hybridized carbons (Fsp3) is 0.182. The zero-order valence-corrected chi connectivity index (χ0v) is 17.2. The first kappa shape index (κ1) is 19.5. The average Bonchev–Trinajstić information content (AvgIpc) is 2.63. The smallest absolute Gasteiger partial charge is 0.262 e. The molecule has 3 aromatic rings. The number of hydrogen-bond donors (Lipinski definition) is 0. The Hall–Kier alpha value is -2.30. The standard InChI is InChI=1S/C22H22ClNO2S/c1-16-9-12-20(13-10-16)27(25,26)24(15-19-6-4-5-7-21(19)23)22-14-17(2)8-11-18(22)3/h4-14H,15H2,1-3H3. The molecule has 0 aliphatic rings. The molecule has 27 heavy (non-hydrogen) atoms. The number of nitrogens with zero attached hydrogens (tertiary/aromatic N) is 1. The maximum Gasteiger partial charge on any atom is 0.264 e. The summed E-state index contributed by atoms with van der Waals surface area (Å²) in [5.74, 6) is 0. The highest BCUT2D eigenvalue weighted by Gasteiger charge is 2.27. The molecule has 0 spiro atoms. The van der Waals surface area contributed by atoms with Gasteiger partial charge in [0.1, 0.15) is 0 Å². The molecular formula is C22H22ClNO2S. The quantitative estimate of drug-likeness (QED) is 0.555. The summed E-state index contributed by atoms with van der Waals surface area (Å²) in [6.45, 7) is 5.97. The fourth-order valence-electron chi connectivity index (χ4n) is 2.91. The Morgan fingerprint density at radius 2 is 1.48 bits per heavy atom. The van der Waals surface area contributed by atoms with Gasteiger partial charge in [0.15, 0.2) is 0 Å². The minimum Gasteiger partial charge on any atom is -0.262 e. The molecule has 0 atom stereocenters. The third-order valence-electron chi connectivity index (χ3n) is 4.51. The molecule has 0 bridgehead atoms. The molecule has 0 aliphatic carbocycles. The molecule has 0 aliphatic heterocycles. The Balaban J connectivity index is 2.16.